The third-order valence-corrected chi connectivity index (χ3v) is 4.29. The molecule has 0 radical (unpaired) electrons. The van der Waals surface area contributed by atoms with Gasteiger partial charge in [0.15, 0.2) is 0 Å². The fourth-order valence-corrected chi connectivity index (χ4v) is 2.98. The van der Waals surface area contributed by atoms with Gasteiger partial charge in [0.1, 0.15) is 0 Å². The molecule has 1 amide bonds. The van der Waals surface area contributed by atoms with Gasteiger partial charge in [-0.2, -0.15) is 0 Å². The van der Waals surface area contributed by atoms with E-state index in [1.165, 1.54) is 24.0 Å². The van der Waals surface area contributed by atoms with Crippen LogP contribution in [0, 0.1) is 0 Å². The Kier molecular flexibility index (Phi) is 5.80. The topological polar surface area (TPSA) is 32.3 Å². The Morgan fingerprint density at radius 2 is 2.00 bits per heavy atom. The second kappa shape index (κ2) is 7.60. The van der Waals surface area contributed by atoms with Crippen LogP contribution < -0.4 is 5.32 Å². The Morgan fingerprint density at radius 1 is 1.29 bits per heavy atom. The van der Waals surface area contributed by atoms with Crippen LogP contribution in [0.25, 0.3) is 0 Å². The molecule has 0 unspecified atom stereocenters. The summed E-state index contributed by atoms with van der Waals surface area (Å²) < 4.78 is 0. The summed E-state index contributed by atoms with van der Waals surface area (Å²) in [6, 6.07) is 8.62. The van der Waals surface area contributed by atoms with Crippen molar-refractivity contribution in [3.63, 3.8) is 0 Å². The SMILES string of the molecule is CCCCCN(C(=O)[C@H]1Cc2ccccc2CN1)C(C)C. The minimum atomic E-state index is -0.0658. The van der Waals surface area contributed by atoms with Crippen molar-refractivity contribution in [3.05, 3.63) is 35.4 Å². The minimum Gasteiger partial charge on any atom is -0.339 e. The molecule has 1 aromatic rings. The Morgan fingerprint density at radius 3 is 2.67 bits per heavy atom. The number of benzene rings is 1. The van der Waals surface area contributed by atoms with Crippen LogP contribution in [0.5, 0.6) is 0 Å². The van der Waals surface area contributed by atoms with E-state index in [0.29, 0.717) is 0 Å². The fourth-order valence-electron chi connectivity index (χ4n) is 2.98. The molecule has 0 saturated heterocycles. The zero-order chi connectivity index (χ0) is 15.2. The number of carbonyl (C=O) groups is 1. The largest absolute Gasteiger partial charge is 0.339 e. The summed E-state index contributed by atoms with van der Waals surface area (Å²) in [5, 5.41) is 3.41. The van der Waals surface area contributed by atoms with Crippen LogP contribution in [-0.2, 0) is 17.8 Å². The van der Waals surface area contributed by atoms with Crippen LogP contribution in [0.4, 0.5) is 0 Å². The molecule has 1 N–H and O–H groups in total. The quantitative estimate of drug-likeness (QED) is 0.816. The molecule has 1 aliphatic heterocycles. The van der Waals surface area contributed by atoms with E-state index >= 15 is 0 Å². The summed E-state index contributed by atoms with van der Waals surface area (Å²) in [4.78, 5) is 14.9. The van der Waals surface area contributed by atoms with Crippen molar-refractivity contribution in [1.82, 2.24) is 10.2 Å². The highest BCUT2D eigenvalue weighted by Crippen LogP contribution is 2.18. The number of amides is 1. The van der Waals surface area contributed by atoms with Crippen molar-refractivity contribution in [2.75, 3.05) is 6.54 Å². The number of hydrogen-bond acceptors (Lipinski definition) is 2. The summed E-state index contributed by atoms with van der Waals surface area (Å²) in [5.41, 5.74) is 2.63. The van der Waals surface area contributed by atoms with Crippen molar-refractivity contribution >= 4 is 5.91 Å². The first kappa shape index (κ1) is 16.0. The highest BCUT2D eigenvalue weighted by Gasteiger charge is 2.28. The van der Waals surface area contributed by atoms with E-state index in [0.717, 1.165) is 25.9 Å². The van der Waals surface area contributed by atoms with Gasteiger partial charge in [0, 0.05) is 19.1 Å². The molecule has 0 spiro atoms. The number of fused-ring (bicyclic) bond motifs is 1. The monoisotopic (exact) mass is 288 g/mol. The van der Waals surface area contributed by atoms with E-state index in [1.807, 2.05) is 4.90 Å². The zero-order valence-electron chi connectivity index (χ0n) is 13.6. The standard InChI is InChI=1S/C18H28N2O/c1-4-5-8-11-20(14(2)3)18(21)17-12-15-9-6-7-10-16(15)13-19-17/h6-7,9-10,14,17,19H,4-5,8,11-13H2,1-3H3/t17-/m1/s1. The van der Waals surface area contributed by atoms with Crippen LogP contribution >= 0.6 is 0 Å². The second-order valence-corrected chi connectivity index (χ2v) is 6.24. The van der Waals surface area contributed by atoms with Gasteiger partial charge in [-0.25, -0.2) is 0 Å². The van der Waals surface area contributed by atoms with Gasteiger partial charge < -0.3 is 10.2 Å². The molecule has 3 nitrogen and oxygen atoms in total. The van der Waals surface area contributed by atoms with Crippen molar-refractivity contribution < 1.29 is 4.79 Å². The average molecular weight is 288 g/mol. The Hall–Kier alpha value is -1.35. The lowest BCUT2D eigenvalue weighted by Gasteiger charge is -2.33. The lowest BCUT2D eigenvalue weighted by Crippen LogP contribution is -2.51. The van der Waals surface area contributed by atoms with Crippen LogP contribution in [-0.4, -0.2) is 29.4 Å². The number of unbranched alkanes of at least 4 members (excludes halogenated alkanes) is 2. The molecule has 0 aliphatic carbocycles. The number of nitrogens with zero attached hydrogens (tertiary/aromatic N) is 1. The maximum absolute atomic E-state index is 12.8. The van der Waals surface area contributed by atoms with Crippen LogP contribution in [0.2, 0.25) is 0 Å². The molecular weight excluding hydrogens is 260 g/mol. The van der Waals surface area contributed by atoms with E-state index < -0.39 is 0 Å². The van der Waals surface area contributed by atoms with Gasteiger partial charge in [0.05, 0.1) is 6.04 Å². The molecule has 2 rings (SSSR count). The van der Waals surface area contributed by atoms with Gasteiger partial charge in [-0.05, 0) is 37.8 Å². The molecular formula is C18H28N2O. The summed E-state index contributed by atoms with van der Waals surface area (Å²) in [6.45, 7) is 8.10. The van der Waals surface area contributed by atoms with E-state index in [9.17, 15) is 4.79 Å². The molecule has 1 aromatic carbocycles. The Balaban J connectivity index is 2.01. The molecule has 3 heteroatoms. The average Bonchev–Trinajstić information content (AvgIpc) is 2.50. The predicted molar refractivity (Wildman–Crippen MR) is 87.1 cm³/mol. The normalized spacial score (nSPS) is 17.6. The first-order valence-electron chi connectivity index (χ1n) is 8.24. The number of nitrogens with one attached hydrogen (secondary N) is 1. The van der Waals surface area contributed by atoms with Gasteiger partial charge in [-0.3, -0.25) is 4.79 Å². The molecule has 0 saturated carbocycles. The zero-order valence-corrected chi connectivity index (χ0v) is 13.6. The Bertz CT molecular complexity index is 470. The molecule has 1 heterocycles. The summed E-state index contributed by atoms with van der Waals surface area (Å²) in [5.74, 6) is 0.260. The molecule has 0 fully saturated rings. The maximum Gasteiger partial charge on any atom is 0.240 e. The van der Waals surface area contributed by atoms with E-state index in [-0.39, 0.29) is 18.0 Å². The van der Waals surface area contributed by atoms with Crippen molar-refractivity contribution in [2.24, 2.45) is 0 Å². The van der Waals surface area contributed by atoms with Crippen molar-refractivity contribution in [2.45, 2.75) is 65.1 Å². The summed E-state index contributed by atoms with van der Waals surface area (Å²) in [6.07, 6.45) is 4.29. The van der Waals surface area contributed by atoms with Crippen LogP contribution in [0.15, 0.2) is 24.3 Å². The Labute approximate surface area is 128 Å². The van der Waals surface area contributed by atoms with Gasteiger partial charge >= 0.3 is 0 Å². The van der Waals surface area contributed by atoms with E-state index in [1.54, 1.807) is 0 Å². The van der Waals surface area contributed by atoms with E-state index in [2.05, 4.69) is 50.4 Å². The van der Waals surface area contributed by atoms with Crippen molar-refractivity contribution in [3.8, 4) is 0 Å². The highest BCUT2D eigenvalue weighted by molar-refractivity contribution is 5.82. The molecule has 0 aromatic heterocycles. The number of hydrogen-bond donors (Lipinski definition) is 1. The smallest absolute Gasteiger partial charge is 0.240 e. The summed E-state index contributed by atoms with van der Waals surface area (Å²) in [7, 11) is 0. The van der Waals surface area contributed by atoms with Crippen LogP contribution in [0.3, 0.4) is 0 Å². The number of carbonyl (C=O) groups excluding carboxylic acids is 1. The third kappa shape index (κ3) is 4.07. The third-order valence-electron chi connectivity index (χ3n) is 4.29. The molecule has 116 valence electrons. The molecule has 0 bridgehead atoms. The van der Waals surface area contributed by atoms with E-state index in [4.69, 9.17) is 0 Å². The lowest BCUT2D eigenvalue weighted by atomic mass is 9.95. The van der Waals surface area contributed by atoms with Gasteiger partial charge in [0.25, 0.3) is 0 Å². The number of rotatable bonds is 6. The van der Waals surface area contributed by atoms with Gasteiger partial charge in [0.2, 0.25) is 5.91 Å². The fraction of sp³-hybridized carbons (Fsp3) is 0.611. The molecule has 21 heavy (non-hydrogen) atoms. The maximum atomic E-state index is 12.8. The predicted octanol–water partition coefficient (Wildman–Crippen LogP) is 3.13. The van der Waals surface area contributed by atoms with Gasteiger partial charge in [-0.15, -0.1) is 0 Å². The molecule has 1 atom stereocenters. The highest BCUT2D eigenvalue weighted by atomic mass is 16.2. The first-order valence-corrected chi connectivity index (χ1v) is 8.24. The minimum absolute atomic E-state index is 0.0658. The van der Waals surface area contributed by atoms with Crippen molar-refractivity contribution in [1.29, 1.82) is 0 Å². The van der Waals surface area contributed by atoms with Gasteiger partial charge in [-0.1, -0.05) is 44.0 Å². The lowest BCUT2D eigenvalue weighted by molar-refractivity contribution is -0.135. The van der Waals surface area contributed by atoms with Crippen LogP contribution in [0.1, 0.15) is 51.2 Å². The first-order chi connectivity index (χ1) is 10.1. The second-order valence-electron chi connectivity index (χ2n) is 6.24. The molecule has 1 aliphatic rings. The summed E-state index contributed by atoms with van der Waals surface area (Å²) >= 11 is 0.